The Kier molecular flexibility index (Phi) is 6.51. The van der Waals surface area contributed by atoms with Gasteiger partial charge in [0.25, 0.3) is 15.9 Å². The molecule has 3 heterocycles. The molecule has 0 radical (unpaired) electrons. The van der Waals surface area contributed by atoms with E-state index in [0.717, 1.165) is 5.69 Å². The van der Waals surface area contributed by atoms with Gasteiger partial charge in [-0.15, -0.1) is 0 Å². The lowest BCUT2D eigenvalue weighted by atomic mass is 10.2. The molecule has 2 aliphatic heterocycles. The summed E-state index contributed by atoms with van der Waals surface area (Å²) in [7, 11) is -4.23. The van der Waals surface area contributed by atoms with Crippen LogP contribution in [-0.2, 0) is 19.6 Å². The number of benzene rings is 1. The Morgan fingerprint density at radius 2 is 1.94 bits per heavy atom. The van der Waals surface area contributed by atoms with Crippen molar-refractivity contribution in [3.05, 3.63) is 41.4 Å². The van der Waals surface area contributed by atoms with Crippen LogP contribution in [0.4, 0.5) is 11.5 Å². The second-order valence-corrected chi connectivity index (χ2v) is 11.0. The van der Waals surface area contributed by atoms with Gasteiger partial charge < -0.3 is 24.4 Å². The summed E-state index contributed by atoms with van der Waals surface area (Å²) < 4.78 is 39.7. The summed E-state index contributed by atoms with van der Waals surface area (Å²) in [6.07, 6.45) is 0.869. The standard InChI is InChI=1S/C23H27ClN4O6S/c24-16-4-5-18(27-10-12-33-13-11-27)19(14-16)34-23(7-8-23)22(30)26-35(31,32)21-3-1-2-20(25-21)28-9-6-17(29)15-28/h1-5,14,17,29H,6-13,15H2,(H,26,30)/t17-/m0/s1. The summed E-state index contributed by atoms with van der Waals surface area (Å²) in [5, 5.41) is 9.96. The number of amides is 1. The van der Waals surface area contributed by atoms with Crippen molar-refractivity contribution in [3.63, 3.8) is 0 Å². The van der Waals surface area contributed by atoms with Crippen LogP contribution in [0.5, 0.6) is 5.75 Å². The van der Waals surface area contributed by atoms with Crippen molar-refractivity contribution in [3.8, 4) is 5.75 Å². The van der Waals surface area contributed by atoms with E-state index in [1.54, 1.807) is 24.3 Å². The Balaban J connectivity index is 1.33. The Morgan fingerprint density at radius 3 is 2.63 bits per heavy atom. The van der Waals surface area contributed by atoms with Gasteiger partial charge in [0.05, 0.1) is 25.0 Å². The largest absolute Gasteiger partial charge is 0.475 e. The van der Waals surface area contributed by atoms with Crippen LogP contribution in [0.2, 0.25) is 5.02 Å². The molecule has 1 saturated carbocycles. The molecule has 0 bridgehead atoms. The minimum absolute atomic E-state index is 0.266. The van der Waals surface area contributed by atoms with Crippen molar-refractivity contribution in [1.29, 1.82) is 0 Å². The highest BCUT2D eigenvalue weighted by Crippen LogP contribution is 2.44. The number of rotatable bonds is 7. The predicted octanol–water partition coefficient (Wildman–Crippen LogP) is 1.56. The molecule has 188 valence electrons. The minimum atomic E-state index is -4.23. The minimum Gasteiger partial charge on any atom is -0.475 e. The fourth-order valence-corrected chi connectivity index (χ4v) is 5.45. The van der Waals surface area contributed by atoms with Crippen LogP contribution in [0.15, 0.2) is 41.4 Å². The normalized spacial score (nSPS) is 21.6. The molecule has 0 unspecified atom stereocenters. The first-order valence-electron chi connectivity index (χ1n) is 11.5. The van der Waals surface area contributed by atoms with Gasteiger partial charge in [0.2, 0.25) is 0 Å². The summed E-state index contributed by atoms with van der Waals surface area (Å²) >= 11 is 6.20. The van der Waals surface area contributed by atoms with Gasteiger partial charge in [-0.3, -0.25) is 4.79 Å². The van der Waals surface area contributed by atoms with Crippen LogP contribution in [0, 0.1) is 0 Å². The van der Waals surface area contributed by atoms with E-state index in [1.165, 1.54) is 6.07 Å². The molecule has 1 aromatic heterocycles. The molecule has 1 aromatic carbocycles. The summed E-state index contributed by atoms with van der Waals surface area (Å²) in [6, 6.07) is 9.80. The van der Waals surface area contributed by atoms with E-state index in [1.807, 2.05) is 11.0 Å². The first kappa shape index (κ1) is 24.1. The van der Waals surface area contributed by atoms with E-state index in [9.17, 15) is 18.3 Å². The molecule has 2 saturated heterocycles. The van der Waals surface area contributed by atoms with Gasteiger partial charge in [0.1, 0.15) is 11.6 Å². The summed E-state index contributed by atoms with van der Waals surface area (Å²) in [6.45, 7) is 3.45. The van der Waals surface area contributed by atoms with E-state index in [2.05, 4.69) is 14.6 Å². The Labute approximate surface area is 208 Å². The predicted molar refractivity (Wildman–Crippen MR) is 129 cm³/mol. The van der Waals surface area contributed by atoms with Gasteiger partial charge in [0, 0.05) is 50.1 Å². The summed E-state index contributed by atoms with van der Waals surface area (Å²) in [5.41, 5.74) is -0.517. The lowest BCUT2D eigenvalue weighted by molar-refractivity contribution is -0.127. The maximum absolute atomic E-state index is 13.1. The number of nitrogens with zero attached hydrogens (tertiary/aromatic N) is 3. The monoisotopic (exact) mass is 522 g/mol. The molecule has 1 aliphatic carbocycles. The molecule has 2 aromatic rings. The van der Waals surface area contributed by atoms with E-state index < -0.39 is 27.6 Å². The maximum atomic E-state index is 13.1. The maximum Gasteiger partial charge on any atom is 0.281 e. The SMILES string of the molecule is O=C(NS(=O)(=O)c1cccc(N2CC[C@H](O)C2)n1)C1(Oc2cc(Cl)ccc2N2CCOCC2)CC1. The molecule has 35 heavy (non-hydrogen) atoms. The number of aliphatic hydroxyl groups is 1. The van der Waals surface area contributed by atoms with Crippen molar-refractivity contribution in [2.24, 2.45) is 0 Å². The van der Waals surface area contributed by atoms with Gasteiger partial charge in [-0.25, -0.2) is 9.71 Å². The molecular weight excluding hydrogens is 496 g/mol. The van der Waals surface area contributed by atoms with Crippen LogP contribution >= 0.6 is 11.6 Å². The third-order valence-corrected chi connectivity index (χ3v) is 7.86. The molecular formula is C23H27ClN4O6S. The lowest BCUT2D eigenvalue weighted by Gasteiger charge is -2.31. The van der Waals surface area contributed by atoms with E-state index in [-0.39, 0.29) is 5.03 Å². The number of carbonyl (C=O) groups excluding carboxylic acids is 1. The van der Waals surface area contributed by atoms with Crippen LogP contribution in [0.3, 0.4) is 0 Å². The fraction of sp³-hybridized carbons (Fsp3) is 0.478. The fourth-order valence-electron chi connectivity index (χ4n) is 4.28. The van der Waals surface area contributed by atoms with Gasteiger partial charge in [0.15, 0.2) is 10.6 Å². The zero-order valence-electron chi connectivity index (χ0n) is 19.0. The second kappa shape index (κ2) is 9.45. The first-order chi connectivity index (χ1) is 16.8. The number of hydrogen-bond acceptors (Lipinski definition) is 9. The van der Waals surface area contributed by atoms with Gasteiger partial charge in [-0.2, -0.15) is 8.42 Å². The highest BCUT2D eigenvalue weighted by atomic mass is 35.5. The Hall–Kier alpha value is -2.60. The Bertz CT molecular complexity index is 1220. The third kappa shape index (κ3) is 5.18. The number of anilines is 2. The molecule has 3 aliphatic rings. The number of morpholine rings is 1. The van der Waals surface area contributed by atoms with E-state index in [0.29, 0.717) is 75.2 Å². The number of aliphatic hydroxyl groups excluding tert-OH is 1. The molecule has 10 nitrogen and oxygen atoms in total. The summed E-state index contributed by atoms with van der Waals surface area (Å²) in [4.78, 5) is 21.2. The van der Waals surface area contributed by atoms with Gasteiger partial charge in [-0.05, 0) is 30.7 Å². The number of pyridine rings is 1. The zero-order valence-corrected chi connectivity index (χ0v) is 20.6. The number of carbonyl (C=O) groups is 1. The van der Waals surface area contributed by atoms with Crippen molar-refractivity contribution in [1.82, 2.24) is 9.71 Å². The number of β-amino-alcohol motifs (C(OH)–C–C–N with tert-alkyl or cyclic N) is 1. The van der Waals surface area contributed by atoms with Crippen molar-refractivity contribution in [2.45, 2.75) is 36.0 Å². The van der Waals surface area contributed by atoms with Crippen LogP contribution in [0.1, 0.15) is 19.3 Å². The summed E-state index contributed by atoms with van der Waals surface area (Å²) in [5.74, 6) is 0.120. The molecule has 2 N–H and O–H groups in total. The van der Waals surface area contributed by atoms with E-state index in [4.69, 9.17) is 21.1 Å². The third-order valence-electron chi connectivity index (χ3n) is 6.40. The quantitative estimate of drug-likeness (QED) is 0.558. The number of ether oxygens (including phenoxy) is 2. The molecule has 5 rings (SSSR count). The number of sulfonamides is 1. The molecule has 1 atom stereocenters. The molecule has 0 spiro atoms. The highest BCUT2D eigenvalue weighted by Gasteiger charge is 2.54. The lowest BCUT2D eigenvalue weighted by Crippen LogP contribution is -2.44. The highest BCUT2D eigenvalue weighted by molar-refractivity contribution is 7.90. The number of halogens is 1. The molecule has 3 fully saturated rings. The zero-order chi connectivity index (χ0) is 24.6. The van der Waals surface area contributed by atoms with Gasteiger partial charge >= 0.3 is 0 Å². The van der Waals surface area contributed by atoms with Crippen molar-refractivity contribution >= 4 is 39.0 Å². The van der Waals surface area contributed by atoms with E-state index >= 15 is 0 Å². The molecule has 1 amide bonds. The van der Waals surface area contributed by atoms with Crippen molar-refractivity contribution < 1.29 is 27.8 Å². The molecule has 12 heteroatoms. The van der Waals surface area contributed by atoms with Crippen LogP contribution in [0.25, 0.3) is 0 Å². The van der Waals surface area contributed by atoms with Crippen LogP contribution in [-0.4, -0.2) is 75.5 Å². The van der Waals surface area contributed by atoms with Crippen LogP contribution < -0.4 is 19.3 Å². The average Bonchev–Trinajstić information content (AvgIpc) is 3.50. The Morgan fingerprint density at radius 1 is 1.17 bits per heavy atom. The number of hydrogen-bond donors (Lipinski definition) is 2. The number of aromatic nitrogens is 1. The first-order valence-corrected chi connectivity index (χ1v) is 13.4. The average molecular weight is 523 g/mol. The van der Waals surface area contributed by atoms with Gasteiger partial charge in [-0.1, -0.05) is 17.7 Å². The van der Waals surface area contributed by atoms with Crippen molar-refractivity contribution in [2.75, 3.05) is 49.2 Å². The number of nitrogens with one attached hydrogen (secondary N) is 1. The second-order valence-electron chi connectivity index (χ2n) is 8.96. The topological polar surface area (TPSA) is 121 Å². The smallest absolute Gasteiger partial charge is 0.281 e.